The Morgan fingerprint density at radius 1 is 1.13 bits per heavy atom. The number of nitrogens with one attached hydrogen (secondary N) is 1. The highest BCUT2D eigenvalue weighted by atomic mass is 32.2. The maximum Gasteiger partial charge on any atom is 0.263 e. The smallest absolute Gasteiger partial charge is 0.263 e. The highest BCUT2D eigenvalue weighted by molar-refractivity contribution is 7.92. The van der Waals surface area contributed by atoms with Crippen LogP contribution in [0.15, 0.2) is 63.4 Å². The minimum absolute atomic E-state index is 0.0536. The number of benzene rings is 1. The summed E-state index contributed by atoms with van der Waals surface area (Å²) in [7, 11) is -3.78. The Hall–Kier alpha value is -2.91. The van der Waals surface area contributed by atoms with E-state index >= 15 is 0 Å². The quantitative estimate of drug-likeness (QED) is 0.470. The average Bonchev–Trinajstić information content (AvgIpc) is 3.41. The maximum absolute atomic E-state index is 13.0. The Morgan fingerprint density at radius 2 is 1.87 bits per heavy atom. The fourth-order valence-electron chi connectivity index (χ4n) is 2.95. The summed E-state index contributed by atoms with van der Waals surface area (Å²) >= 11 is 1.35. The number of nitrogens with zero attached hydrogens (tertiary/aromatic N) is 3. The Kier molecular flexibility index (Phi) is 5.03. The van der Waals surface area contributed by atoms with Crippen molar-refractivity contribution in [3.63, 3.8) is 0 Å². The summed E-state index contributed by atoms with van der Waals surface area (Å²) in [5.41, 5.74) is 2.35. The lowest BCUT2D eigenvalue weighted by Crippen LogP contribution is -2.17. The molecule has 1 N–H and O–H groups in total. The van der Waals surface area contributed by atoms with Crippen LogP contribution < -0.4 is 4.72 Å². The van der Waals surface area contributed by atoms with Crippen LogP contribution in [0.3, 0.4) is 0 Å². The van der Waals surface area contributed by atoms with Gasteiger partial charge in [-0.3, -0.25) is 4.72 Å². The van der Waals surface area contributed by atoms with Crippen LogP contribution in [0.25, 0.3) is 16.6 Å². The molecule has 0 fully saturated rings. The van der Waals surface area contributed by atoms with E-state index in [9.17, 15) is 8.42 Å². The first-order valence-corrected chi connectivity index (χ1v) is 11.7. The molecule has 0 atom stereocenters. The molecule has 9 heteroatoms. The molecule has 0 spiro atoms. The van der Waals surface area contributed by atoms with Crippen LogP contribution in [0.5, 0.6) is 0 Å². The minimum atomic E-state index is -3.78. The van der Waals surface area contributed by atoms with Gasteiger partial charge in [0.1, 0.15) is 11.5 Å². The summed E-state index contributed by atoms with van der Waals surface area (Å²) in [5.74, 6) is 0.968. The van der Waals surface area contributed by atoms with E-state index in [4.69, 9.17) is 4.42 Å². The number of aryl methyl sites for hydroxylation is 1. The third-order valence-electron chi connectivity index (χ3n) is 4.55. The molecule has 0 saturated carbocycles. The first kappa shape index (κ1) is 20.4. The summed E-state index contributed by atoms with van der Waals surface area (Å²) in [6.45, 7) is 8.05. The third kappa shape index (κ3) is 4.03. The van der Waals surface area contributed by atoms with Crippen LogP contribution in [0, 0.1) is 6.92 Å². The largest absolute Gasteiger partial charge is 0.463 e. The molecule has 3 aromatic heterocycles. The van der Waals surface area contributed by atoms with Crippen LogP contribution in [-0.2, 0) is 15.4 Å². The van der Waals surface area contributed by atoms with Gasteiger partial charge in [-0.1, -0.05) is 32.9 Å². The Labute approximate surface area is 179 Å². The van der Waals surface area contributed by atoms with Crippen molar-refractivity contribution in [1.82, 2.24) is 14.8 Å². The van der Waals surface area contributed by atoms with Crippen molar-refractivity contribution >= 4 is 27.2 Å². The second-order valence-corrected chi connectivity index (χ2v) is 10.5. The molecule has 0 unspecified atom stereocenters. The second kappa shape index (κ2) is 7.41. The van der Waals surface area contributed by atoms with Crippen molar-refractivity contribution in [2.75, 3.05) is 4.72 Å². The Bertz CT molecular complexity index is 1260. The standard InChI is InChI=1S/C21H22N4O3S2/c1-14-12-19(24-30(26,27)16-9-7-15(8-10-16)21(2,3)4)25(23-14)20-22-17(13-29-20)18-6-5-11-28-18/h5-13,24H,1-4H3. The summed E-state index contributed by atoms with van der Waals surface area (Å²) in [6.07, 6.45) is 1.58. The van der Waals surface area contributed by atoms with E-state index < -0.39 is 10.0 Å². The Morgan fingerprint density at radius 3 is 2.50 bits per heavy atom. The molecule has 30 heavy (non-hydrogen) atoms. The van der Waals surface area contributed by atoms with Gasteiger partial charge in [-0.15, -0.1) is 11.3 Å². The molecule has 4 rings (SSSR count). The minimum Gasteiger partial charge on any atom is -0.463 e. The van der Waals surface area contributed by atoms with Crippen molar-refractivity contribution in [1.29, 1.82) is 0 Å². The van der Waals surface area contributed by atoms with Gasteiger partial charge < -0.3 is 4.42 Å². The summed E-state index contributed by atoms with van der Waals surface area (Å²) in [6, 6.07) is 12.2. The molecule has 7 nitrogen and oxygen atoms in total. The van der Waals surface area contributed by atoms with Crippen molar-refractivity contribution in [2.45, 2.75) is 38.0 Å². The molecule has 3 heterocycles. The van der Waals surface area contributed by atoms with E-state index in [0.29, 0.717) is 28.1 Å². The lowest BCUT2D eigenvalue weighted by Gasteiger charge is -2.19. The van der Waals surface area contributed by atoms with Crippen LogP contribution in [0.1, 0.15) is 32.0 Å². The molecule has 0 aliphatic carbocycles. The van der Waals surface area contributed by atoms with Crippen LogP contribution in [0.2, 0.25) is 0 Å². The van der Waals surface area contributed by atoms with Gasteiger partial charge in [-0.05, 0) is 42.2 Å². The van der Waals surface area contributed by atoms with E-state index in [1.165, 1.54) is 16.0 Å². The highest BCUT2D eigenvalue weighted by Crippen LogP contribution is 2.28. The monoisotopic (exact) mass is 442 g/mol. The van der Waals surface area contributed by atoms with Crippen molar-refractivity contribution in [3.8, 4) is 16.6 Å². The van der Waals surface area contributed by atoms with E-state index in [2.05, 4.69) is 35.6 Å². The normalized spacial score (nSPS) is 12.3. The summed E-state index contributed by atoms with van der Waals surface area (Å²) in [4.78, 5) is 4.72. The molecule has 4 aromatic rings. The topological polar surface area (TPSA) is 90.0 Å². The van der Waals surface area contributed by atoms with E-state index in [1.54, 1.807) is 37.5 Å². The fourth-order valence-corrected chi connectivity index (χ4v) is 4.76. The predicted molar refractivity (Wildman–Crippen MR) is 118 cm³/mol. The molecular formula is C21H22N4O3S2. The van der Waals surface area contributed by atoms with Gasteiger partial charge in [0.15, 0.2) is 5.76 Å². The number of anilines is 1. The average molecular weight is 443 g/mol. The molecule has 0 aliphatic rings. The number of thiazole rings is 1. The second-order valence-electron chi connectivity index (χ2n) is 7.96. The van der Waals surface area contributed by atoms with Crippen molar-refractivity contribution < 1.29 is 12.8 Å². The molecule has 0 bridgehead atoms. The van der Waals surface area contributed by atoms with Crippen LogP contribution in [0.4, 0.5) is 5.82 Å². The first-order chi connectivity index (χ1) is 14.1. The van der Waals surface area contributed by atoms with Gasteiger partial charge in [0.25, 0.3) is 10.0 Å². The fraction of sp³-hybridized carbons (Fsp3) is 0.238. The van der Waals surface area contributed by atoms with Gasteiger partial charge in [0.2, 0.25) is 5.13 Å². The van der Waals surface area contributed by atoms with Gasteiger partial charge in [0.05, 0.1) is 16.9 Å². The zero-order valence-electron chi connectivity index (χ0n) is 17.1. The zero-order chi connectivity index (χ0) is 21.5. The number of furan rings is 1. The molecule has 0 amide bonds. The van der Waals surface area contributed by atoms with Gasteiger partial charge >= 0.3 is 0 Å². The molecule has 0 saturated heterocycles. The predicted octanol–water partition coefficient (Wildman–Crippen LogP) is 5.00. The number of rotatable bonds is 5. The molecule has 1 aromatic carbocycles. The number of sulfonamides is 1. The Balaban J connectivity index is 1.64. The van der Waals surface area contributed by atoms with E-state index in [0.717, 1.165) is 5.56 Å². The van der Waals surface area contributed by atoms with Crippen LogP contribution in [-0.4, -0.2) is 23.2 Å². The highest BCUT2D eigenvalue weighted by Gasteiger charge is 2.21. The number of hydrogen-bond donors (Lipinski definition) is 1. The zero-order valence-corrected chi connectivity index (χ0v) is 18.7. The third-order valence-corrected chi connectivity index (χ3v) is 6.73. The molecule has 0 radical (unpaired) electrons. The number of aromatic nitrogens is 3. The molecule has 0 aliphatic heterocycles. The molecule has 156 valence electrons. The number of hydrogen-bond acceptors (Lipinski definition) is 6. The van der Waals surface area contributed by atoms with Gasteiger partial charge in [-0.2, -0.15) is 9.78 Å². The lowest BCUT2D eigenvalue weighted by molar-refractivity contribution is 0.580. The van der Waals surface area contributed by atoms with E-state index in [1.807, 2.05) is 23.6 Å². The van der Waals surface area contributed by atoms with E-state index in [-0.39, 0.29) is 10.3 Å². The van der Waals surface area contributed by atoms with Gasteiger partial charge in [-0.25, -0.2) is 13.4 Å². The van der Waals surface area contributed by atoms with Gasteiger partial charge in [0, 0.05) is 11.4 Å². The summed E-state index contributed by atoms with van der Waals surface area (Å²) < 4.78 is 35.4. The van der Waals surface area contributed by atoms with Crippen molar-refractivity contribution in [3.05, 3.63) is 65.4 Å². The summed E-state index contributed by atoms with van der Waals surface area (Å²) in [5, 5.41) is 6.79. The first-order valence-electron chi connectivity index (χ1n) is 9.33. The lowest BCUT2D eigenvalue weighted by atomic mass is 9.87. The van der Waals surface area contributed by atoms with Crippen LogP contribution >= 0.6 is 11.3 Å². The maximum atomic E-state index is 13.0. The molecular weight excluding hydrogens is 420 g/mol. The SMILES string of the molecule is Cc1cc(NS(=O)(=O)c2ccc(C(C)(C)C)cc2)n(-c2nc(-c3ccco3)cs2)n1. The van der Waals surface area contributed by atoms with Crippen molar-refractivity contribution in [2.24, 2.45) is 0 Å².